The molecule has 3 rings (SSSR count). The first-order chi connectivity index (χ1) is 18.2. The van der Waals surface area contributed by atoms with Crippen molar-refractivity contribution in [2.24, 2.45) is 0 Å². The number of pyridine rings is 1. The molecule has 1 aromatic carbocycles. The average Bonchev–Trinajstić information content (AvgIpc) is 3.28. The van der Waals surface area contributed by atoms with Gasteiger partial charge in [-0.15, -0.1) is 0 Å². The zero-order valence-electron chi connectivity index (χ0n) is 22.8. The van der Waals surface area contributed by atoms with Crippen molar-refractivity contribution < 1.29 is 9.53 Å². The minimum absolute atomic E-state index is 0.187. The standard InChI is InChI=1S/C29H35N7O2/c1-8-9-17-31-29-27(21(3)30)28(22-16-15-20(2)23(19-22)38-7)33-36(29)25-13-10-12-24(32-25)35(6)26(37)14-11-18-34(4)5/h8-17,19,30-31H,1,18H2,2-7H3/b14-11+,17-9+,30-21?. The number of likely N-dealkylation sites (N-methyl/N-ethyl adjacent to an activating group) is 2. The summed E-state index contributed by atoms with van der Waals surface area (Å²) in [4.78, 5) is 20.9. The van der Waals surface area contributed by atoms with E-state index < -0.39 is 0 Å². The van der Waals surface area contributed by atoms with E-state index >= 15 is 0 Å². The molecule has 0 unspecified atom stereocenters. The van der Waals surface area contributed by atoms with Crippen molar-refractivity contribution in [2.75, 3.05) is 45.0 Å². The summed E-state index contributed by atoms with van der Waals surface area (Å²) in [7, 11) is 7.19. The monoisotopic (exact) mass is 513 g/mol. The molecule has 0 atom stereocenters. The van der Waals surface area contributed by atoms with Crippen LogP contribution in [0.15, 0.2) is 73.5 Å². The molecule has 0 bridgehead atoms. The maximum atomic E-state index is 12.7. The van der Waals surface area contributed by atoms with Gasteiger partial charge in [0.05, 0.1) is 12.7 Å². The van der Waals surface area contributed by atoms with Gasteiger partial charge in [-0.05, 0) is 57.8 Å². The molecule has 2 aromatic heterocycles. The molecule has 0 aliphatic rings. The van der Waals surface area contributed by atoms with Crippen LogP contribution < -0.4 is 15.0 Å². The van der Waals surface area contributed by atoms with Gasteiger partial charge in [-0.2, -0.15) is 9.78 Å². The first-order valence-corrected chi connectivity index (χ1v) is 12.1. The number of nitrogens with zero attached hydrogens (tertiary/aromatic N) is 5. The highest BCUT2D eigenvalue weighted by atomic mass is 16.5. The minimum atomic E-state index is -0.187. The van der Waals surface area contributed by atoms with Gasteiger partial charge < -0.3 is 20.4 Å². The summed E-state index contributed by atoms with van der Waals surface area (Å²) >= 11 is 0. The van der Waals surface area contributed by atoms with E-state index in [1.54, 1.807) is 50.2 Å². The van der Waals surface area contributed by atoms with Crippen LogP contribution in [-0.4, -0.2) is 66.1 Å². The fourth-order valence-electron chi connectivity index (χ4n) is 3.74. The molecule has 0 saturated heterocycles. The van der Waals surface area contributed by atoms with Gasteiger partial charge >= 0.3 is 0 Å². The Morgan fingerprint density at radius 2 is 2.00 bits per heavy atom. The van der Waals surface area contributed by atoms with Crippen LogP contribution in [0.4, 0.5) is 11.6 Å². The Balaban J connectivity index is 2.15. The molecule has 38 heavy (non-hydrogen) atoms. The van der Waals surface area contributed by atoms with Gasteiger partial charge in [0, 0.05) is 37.1 Å². The number of hydrogen-bond donors (Lipinski definition) is 2. The van der Waals surface area contributed by atoms with Gasteiger partial charge in [-0.1, -0.05) is 36.9 Å². The van der Waals surface area contributed by atoms with Crippen LogP contribution in [0.2, 0.25) is 0 Å². The second kappa shape index (κ2) is 12.6. The molecule has 9 nitrogen and oxygen atoms in total. The number of nitrogens with one attached hydrogen (secondary N) is 2. The molecule has 0 aliphatic carbocycles. The smallest absolute Gasteiger partial charge is 0.251 e. The highest BCUT2D eigenvalue weighted by molar-refractivity contribution is 6.06. The topological polar surface area (TPSA) is 99.4 Å². The number of aryl methyl sites for hydroxylation is 1. The van der Waals surface area contributed by atoms with Crippen molar-refractivity contribution in [2.45, 2.75) is 13.8 Å². The van der Waals surface area contributed by atoms with Gasteiger partial charge in [0.2, 0.25) is 0 Å². The first-order valence-electron chi connectivity index (χ1n) is 12.1. The van der Waals surface area contributed by atoms with Crippen LogP contribution in [0.1, 0.15) is 18.1 Å². The van der Waals surface area contributed by atoms with E-state index in [0.29, 0.717) is 41.0 Å². The SMILES string of the molecule is C=C/C=C/Nc1c(C(C)=N)c(-c2ccc(C)c(OC)c2)nn1-c1cccc(N(C)C(=O)/C=C/CN(C)C)n1. The van der Waals surface area contributed by atoms with E-state index in [-0.39, 0.29) is 5.91 Å². The Hall–Kier alpha value is -4.50. The van der Waals surface area contributed by atoms with Gasteiger partial charge in [-0.25, -0.2) is 4.98 Å². The van der Waals surface area contributed by atoms with Crippen LogP contribution >= 0.6 is 0 Å². The van der Waals surface area contributed by atoms with Gasteiger partial charge in [0.1, 0.15) is 23.1 Å². The molecule has 2 N–H and O–H groups in total. The van der Waals surface area contributed by atoms with E-state index in [0.717, 1.165) is 16.9 Å². The number of hydrogen-bond acceptors (Lipinski definition) is 7. The number of anilines is 2. The van der Waals surface area contributed by atoms with Crippen LogP contribution in [0.5, 0.6) is 5.75 Å². The maximum absolute atomic E-state index is 12.7. The summed E-state index contributed by atoms with van der Waals surface area (Å²) in [6.07, 6.45) is 8.48. The van der Waals surface area contributed by atoms with E-state index in [2.05, 4.69) is 11.9 Å². The summed E-state index contributed by atoms with van der Waals surface area (Å²) in [6.45, 7) is 8.07. The number of carbonyl (C=O) groups excluding carboxylic acids is 1. The fraction of sp³-hybridized carbons (Fsp3) is 0.241. The largest absolute Gasteiger partial charge is 0.496 e. The van der Waals surface area contributed by atoms with Crippen molar-refractivity contribution in [3.63, 3.8) is 0 Å². The molecule has 0 spiro atoms. The van der Waals surface area contributed by atoms with Crippen LogP contribution in [0.3, 0.4) is 0 Å². The van der Waals surface area contributed by atoms with Gasteiger partial charge in [-0.3, -0.25) is 9.69 Å². The molecule has 0 saturated carbocycles. The van der Waals surface area contributed by atoms with Crippen LogP contribution in [0, 0.1) is 12.3 Å². The molecular formula is C29H35N7O2. The quantitative estimate of drug-likeness (QED) is 0.216. The van der Waals surface area contributed by atoms with Crippen molar-refractivity contribution in [3.05, 3.63) is 84.6 Å². The van der Waals surface area contributed by atoms with E-state index in [1.165, 1.54) is 11.0 Å². The number of aromatic nitrogens is 3. The molecule has 0 fully saturated rings. The molecule has 1 amide bonds. The number of benzene rings is 1. The summed E-state index contributed by atoms with van der Waals surface area (Å²) in [6, 6.07) is 11.2. The number of carbonyl (C=O) groups is 1. The third kappa shape index (κ3) is 6.43. The van der Waals surface area contributed by atoms with Crippen molar-refractivity contribution >= 4 is 23.3 Å². The Morgan fingerprint density at radius 1 is 1.24 bits per heavy atom. The molecule has 198 valence electrons. The summed E-state index contributed by atoms with van der Waals surface area (Å²) in [5.74, 6) is 2.06. The molecule has 2 heterocycles. The summed E-state index contributed by atoms with van der Waals surface area (Å²) < 4.78 is 7.17. The predicted octanol–water partition coefficient (Wildman–Crippen LogP) is 4.83. The van der Waals surface area contributed by atoms with E-state index in [4.69, 9.17) is 20.2 Å². The van der Waals surface area contributed by atoms with Gasteiger partial charge in [0.15, 0.2) is 5.82 Å². The zero-order chi connectivity index (χ0) is 27.8. The third-order valence-corrected chi connectivity index (χ3v) is 5.74. The zero-order valence-corrected chi connectivity index (χ0v) is 22.8. The molecule has 3 aromatic rings. The highest BCUT2D eigenvalue weighted by Crippen LogP contribution is 2.34. The summed E-state index contributed by atoms with van der Waals surface area (Å²) in [5, 5.41) is 16.7. The summed E-state index contributed by atoms with van der Waals surface area (Å²) in [5.41, 5.74) is 3.35. The Kier molecular flexibility index (Phi) is 9.34. The fourth-order valence-corrected chi connectivity index (χ4v) is 3.74. The lowest BCUT2D eigenvalue weighted by atomic mass is 10.0. The van der Waals surface area contributed by atoms with Gasteiger partial charge in [0.25, 0.3) is 5.91 Å². The Morgan fingerprint density at radius 3 is 2.66 bits per heavy atom. The first kappa shape index (κ1) is 28.1. The lowest BCUT2D eigenvalue weighted by Gasteiger charge is -2.16. The predicted molar refractivity (Wildman–Crippen MR) is 155 cm³/mol. The normalized spacial score (nSPS) is 11.3. The van der Waals surface area contributed by atoms with Crippen LogP contribution in [0.25, 0.3) is 17.1 Å². The third-order valence-electron chi connectivity index (χ3n) is 5.74. The highest BCUT2D eigenvalue weighted by Gasteiger charge is 2.23. The molecular weight excluding hydrogens is 478 g/mol. The number of amides is 1. The van der Waals surface area contributed by atoms with Crippen molar-refractivity contribution in [1.29, 1.82) is 5.41 Å². The second-order valence-corrected chi connectivity index (χ2v) is 8.95. The second-order valence-electron chi connectivity index (χ2n) is 8.95. The maximum Gasteiger partial charge on any atom is 0.251 e. The number of ether oxygens (including phenoxy) is 1. The average molecular weight is 514 g/mol. The number of methoxy groups -OCH3 is 1. The van der Waals surface area contributed by atoms with Crippen LogP contribution in [-0.2, 0) is 4.79 Å². The minimum Gasteiger partial charge on any atom is -0.496 e. The van der Waals surface area contributed by atoms with E-state index in [9.17, 15) is 4.79 Å². The Bertz CT molecular complexity index is 1390. The lowest BCUT2D eigenvalue weighted by Crippen LogP contribution is -2.25. The Labute approximate surface area is 224 Å². The van der Waals surface area contributed by atoms with E-state index in [1.807, 2.05) is 62.3 Å². The number of allylic oxidation sites excluding steroid dienone is 2. The molecule has 0 aliphatic heterocycles. The number of rotatable bonds is 11. The van der Waals surface area contributed by atoms with Crippen molar-refractivity contribution in [1.82, 2.24) is 19.7 Å². The van der Waals surface area contributed by atoms with Crippen molar-refractivity contribution in [3.8, 4) is 22.8 Å². The lowest BCUT2D eigenvalue weighted by molar-refractivity contribution is -0.113. The molecule has 9 heteroatoms. The molecule has 0 radical (unpaired) electrons.